The predicted molar refractivity (Wildman–Crippen MR) is 70.7 cm³/mol. The highest BCUT2D eigenvalue weighted by molar-refractivity contribution is 7.10. The molecule has 0 atom stereocenters. The number of nitrogens with one attached hydrogen (secondary N) is 2. The summed E-state index contributed by atoms with van der Waals surface area (Å²) in [5.41, 5.74) is 1.19. The number of H-pyrrole nitrogens is 1. The van der Waals surface area contributed by atoms with Crippen LogP contribution in [0.5, 0.6) is 0 Å². The maximum absolute atomic E-state index is 11.8. The number of hydrogen-bond acceptors (Lipinski definition) is 4. The van der Waals surface area contributed by atoms with Crippen molar-refractivity contribution in [2.24, 2.45) is 0 Å². The highest BCUT2D eigenvalue weighted by Crippen LogP contribution is 2.15. The van der Waals surface area contributed by atoms with E-state index in [1.165, 1.54) is 5.56 Å². The minimum atomic E-state index is -0.244. The fraction of sp³-hybridized carbons (Fsp3) is 0.417. The van der Waals surface area contributed by atoms with Crippen LogP contribution in [0.25, 0.3) is 0 Å². The van der Waals surface area contributed by atoms with Crippen LogP contribution < -0.4 is 5.32 Å². The van der Waals surface area contributed by atoms with E-state index in [4.69, 9.17) is 0 Å². The van der Waals surface area contributed by atoms with Gasteiger partial charge in [-0.2, -0.15) is 0 Å². The number of carbonyl (C=O) groups is 1. The first-order valence-corrected chi connectivity index (χ1v) is 6.69. The van der Waals surface area contributed by atoms with E-state index in [1.54, 1.807) is 11.3 Å². The van der Waals surface area contributed by atoms with Gasteiger partial charge in [-0.05, 0) is 23.9 Å². The lowest BCUT2D eigenvalue weighted by molar-refractivity contribution is 0.0941. The summed E-state index contributed by atoms with van der Waals surface area (Å²) in [5.74, 6) is 0.921. The van der Waals surface area contributed by atoms with Gasteiger partial charge in [0.15, 0.2) is 0 Å². The molecule has 0 aliphatic rings. The van der Waals surface area contributed by atoms with Gasteiger partial charge in [-0.3, -0.25) is 9.89 Å². The van der Waals surface area contributed by atoms with Crippen LogP contribution in [0.15, 0.2) is 11.4 Å². The fourth-order valence-corrected chi connectivity index (χ4v) is 2.30. The number of rotatable bonds is 4. The molecule has 0 aliphatic heterocycles. The Morgan fingerprint density at radius 1 is 1.56 bits per heavy atom. The minimum absolute atomic E-state index is 0.202. The Hall–Kier alpha value is -1.69. The third kappa shape index (κ3) is 2.76. The van der Waals surface area contributed by atoms with E-state index in [2.05, 4.69) is 20.5 Å². The van der Waals surface area contributed by atoms with Crippen LogP contribution in [0, 0.1) is 6.92 Å². The first kappa shape index (κ1) is 12.8. The zero-order valence-electron chi connectivity index (χ0n) is 10.7. The molecule has 0 saturated carbocycles. The Kier molecular flexibility index (Phi) is 3.76. The van der Waals surface area contributed by atoms with Crippen molar-refractivity contribution >= 4 is 17.2 Å². The molecule has 0 bridgehead atoms. The number of aryl methyl sites for hydroxylation is 1. The van der Waals surface area contributed by atoms with Crippen molar-refractivity contribution in [1.29, 1.82) is 0 Å². The number of hydrogen-bond donors (Lipinski definition) is 2. The van der Waals surface area contributed by atoms with Crippen molar-refractivity contribution in [3.8, 4) is 0 Å². The summed E-state index contributed by atoms with van der Waals surface area (Å²) >= 11 is 1.63. The van der Waals surface area contributed by atoms with E-state index in [1.807, 2.05) is 32.2 Å². The summed E-state index contributed by atoms with van der Waals surface area (Å²) in [6, 6.07) is 2.04. The number of nitrogens with zero attached hydrogens (tertiary/aromatic N) is 2. The second-order valence-electron chi connectivity index (χ2n) is 4.41. The molecule has 0 fully saturated rings. The smallest absolute Gasteiger partial charge is 0.291 e. The van der Waals surface area contributed by atoms with Gasteiger partial charge in [0.1, 0.15) is 5.82 Å². The summed E-state index contributed by atoms with van der Waals surface area (Å²) in [6.45, 7) is 6.55. The van der Waals surface area contributed by atoms with Crippen LogP contribution >= 0.6 is 11.3 Å². The maximum atomic E-state index is 11.8. The second-order valence-corrected chi connectivity index (χ2v) is 5.41. The van der Waals surface area contributed by atoms with E-state index >= 15 is 0 Å². The van der Waals surface area contributed by atoms with Gasteiger partial charge >= 0.3 is 0 Å². The van der Waals surface area contributed by atoms with Crippen LogP contribution in [0.4, 0.5) is 0 Å². The van der Waals surface area contributed by atoms with Gasteiger partial charge < -0.3 is 5.32 Å². The molecule has 0 radical (unpaired) electrons. The summed E-state index contributed by atoms with van der Waals surface area (Å²) in [7, 11) is 0. The van der Waals surface area contributed by atoms with Gasteiger partial charge in [0.05, 0.1) is 6.54 Å². The van der Waals surface area contributed by atoms with Gasteiger partial charge in [-0.25, -0.2) is 4.98 Å². The molecule has 1 amide bonds. The molecule has 2 heterocycles. The van der Waals surface area contributed by atoms with E-state index in [0.717, 1.165) is 10.7 Å². The third-order valence-electron chi connectivity index (χ3n) is 2.63. The lowest BCUT2D eigenvalue weighted by Gasteiger charge is -2.01. The zero-order chi connectivity index (χ0) is 13.1. The first-order chi connectivity index (χ1) is 8.58. The average molecular weight is 264 g/mol. The SMILES string of the molecule is Cc1ccsc1CNC(=O)c1n[nH]c(C(C)C)n1. The van der Waals surface area contributed by atoms with Gasteiger partial charge in [0.2, 0.25) is 5.82 Å². The monoisotopic (exact) mass is 264 g/mol. The lowest BCUT2D eigenvalue weighted by Crippen LogP contribution is -2.23. The van der Waals surface area contributed by atoms with Crippen molar-refractivity contribution < 1.29 is 4.79 Å². The number of thiophene rings is 1. The summed E-state index contributed by atoms with van der Waals surface area (Å²) in [6.07, 6.45) is 0. The second kappa shape index (κ2) is 5.30. The van der Waals surface area contributed by atoms with Crippen LogP contribution in [0.2, 0.25) is 0 Å². The van der Waals surface area contributed by atoms with Gasteiger partial charge in [-0.1, -0.05) is 13.8 Å². The average Bonchev–Trinajstić information content (AvgIpc) is 2.94. The van der Waals surface area contributed by atoms with Crippen molar-refractivity contribution in [1.82, 2.24) is 20.5 Å². The number of amides is 1. The maximum Gasteiger partial charge on any atom is 0.291 e. The van der Waals surface area contributed by atoms with Gasteiger partial charge in [0, 0.05) is 10.8 Å². The summed E-state index contributed by atoms with van der Waals surface area (Å²) < 4.78 is 0. The molecule has 2 N–H and O–H groups in total. The topological polar surface area (TPSA) is 70.7 Å². The molecule has 0 aromatic carbocycles. The van der Waals surface area contributed by atoms with Crippen molar-refractivity contribution in [2.45, 2.75) is 33.2 Å². The molecular formula is C12H16N4OS. The largest absolute Gasteiger partial charge is 0.344 e. The number of aromatic amines is 1. The molecule has 0 spiro atoms. The highest BCUT2D eigenvalue weighted by atomic mass is 32.1. The molecular weight excluding hydrogens is 248 g/mol. The highest BCUT2D eigenvalue weighted by Gasteiger charge is 2.14. The van der Waals surface area contributed by atoms with Crippen molar-refractivity contribution in [3.63, 3.8) is 0 Å². The summed E-state index contributed by atoms with van der Waals surface area (Å²) in [4.78, 5) is 17.1. The number of aromatic nitrogens is 3. The quantitative estimate of drug-likeness (QED) is 0.889. The Balaban J connectivity index is 1.97. The Labute approximate surface area is 110 Å². The normalized spacial score (nSPS) is 10.9. The van der Waals surface area contributed by atoms with E-state index < -0.39 is 0 Å². The number of carbonyl (C=O) groups excluding carboxylic acids is 1. The molecule has 0 saturated heterocycles. The summed E-state index contributed by atoms with van der Waals surface area (Å²) in [5, 5.41) is 11.5. The van der Waals surface area contributed by atoms with E-state index in [9.17, 15) is 4.79 Å². The fourth-order valence-electron chi connectivity index (χ4n) is 1.46. The molecule has 0 aliphatic carbocycles. The molecule has 2 rings (SSSR count). The van der Waals surface area contributed by atoms with Crippen LogP contribution in [-0.2, 0) is 6.54 Å². The van der Waals surface area contributed by atoms with Gasteiger partial charge in [-0.15, -0.1) is 16.4 Å². The van der Waals surface area contributed by atoms with Crippen LogP contribution in [0.3, 0.4) is 0 Å². The Morgan fingerprint density at radius 2 is 2.33 bits per heavy atom. The first-order valence-electron chi connectivity index (χ1n) is 5.81. The molecule has 96 valence electrons. The van der Waals surface area contributed by atoms with Crippen LogP contribution in [-0.4, -0.2) is 21.1 Å². The van der Waals surface area contributed by atoms with E-state index in [0.29, 0.717) is 6.54 Å². The standard InChI is InChI=1S/C12H16N4OS/c1-7(2)10-14-11(16-15-10)12(17)13-6-9-8(3)4-5-18-9/h4-5,7H,6H2,1-3H3,(H,13,17)(H,14,15,16). The molecule has 6 heteroatoms. The van der Waals surface area contributed by atoms with Crippen molar-refractivity contribution in [2.75, 3.05) is 0 Å². The van der Waals surface area contributed by atoms with Crippen LogP contribution in [0.1, 0.15) is 46.6 Å². The van der Waals surface area contributed by atoms with Crippen molar-refractivity contribution in [3.05, 3.63) is 33.5 Å². The Bertz CT molecular complexity index is 544. The predicted octanol–water partition coefficient (Wildman–Crippen LogP) is 2.23. The molecule has 2 aromatic rings. The van der Waals surface area contributed by atoms with Gasteiger partial charge in [0.25, 0.3) is 5.91 Å². The molecule has 0 unspecified atom stereocenters. The Morgan fingerprint density at radius 3 is 2.89 bits per heavy atom. The zero-order valence-corrected chi connectivity index (χ0v) is 11.5. The van der Waals surface area contributed by atoms with E-state index in [-0.39, 0.29) is 17.6 Å². The molecule has 2 aromatic heterocycles. The molecule has 18 heavy (non-hydrogen) atoms. The lowest BCUT2D eigenvalue weighted by atomic mass is 10.2. The third-order valence-corrected chi connectivity index (χ3v) is 3.65. The molecule has 5 nitrogen and oxygen atoms in total. The minimum Gasteiger partial charge on any atom is -0.344 e.